The van der Waals surface area contributed by atoms with Crippen molar-refractivity contribution in [1.29, 1.82) is 0 Å². The Morgan fingerprint density at radius 3 is 2.05 bits per heavy atom. The standard InChI is InChI=1S/C12H22N2O5/c1-7(13-11(18)19-12(3,4)5)9(15)14(6)8(2)10(16)17/h7-8H,1-6H3,(H,13,18)(H,16,17). The summed E-state index contributed by atoms with van der Waals surface area (Å²) in [6.07, 6.45) is -0.718. The van der Waals surface area contributed by atoms with Crippen molar-refractivity contribution >= 4 is 18.0 Å². The van der Waals surface area contributed by atoms with Gasteiger partial charge in [-0.3, -0.25) is 4.79 Å². The topological polar surface area (TPSA) is 95.9 Å². The van der Waals surface area contributed by atoms with Crippen LogP contribution < -0.4 is 5.32 Å². The molecule has 0 spiro atoms. The number of carbonyl (C=O) groups is 3. The van der Waals surface area contributed by atoms with Gasteiger partial charge in [-0.25, -0.2) is 9.59 Å². The number of ether oxygens (including phenoxy) is 1. The summed E-state index contributed by atoms with van der Waals surface area (Å²) in [5.41, 5.74) is -0.660. The molecule has 19 heavy (non-hydrogen) atoms. The molecule has 0 bridgehead atoms. The van der Waals surface area contributed by atoms with Crippen molar-refractivity contribution in [3.63, 3.8) is 0 Å². The molecule has 110 valence electrons. The highest BCUT2D eigenvalue weighted by molar-refractivity contribution is 5.88. The van der Waals surface area contributed by atoms with Gasteiger partial charge in [-0.2, -0.15) is 0 Å². The van der Waals surface area contributed by atoms with E-state index in [4.69, 9.17) is 9.84 Å². The molecule has 0 aromatic rings. The molecule has 2 amide bonds. The van der Waals surface area contributed by atoms with Crippen LogP contribution in [0.3, 0.4) is 0 Å². The Morgan fingerprint density at radius 2 is 1.68 bits per heavy atom. The normalized spacial score (nSPS) is 14.2. The van der Waals surface area contributed by atoms with Gasteiger partial charge in [0.05, 0.1) is 0 Å². The third kappa shape index (κ3) is 6.08. The van der Waals surface area contributed by atoms with Crippen LogP contribution in [0.25, 0.3) is 0 Å². The van der Waals surface area contributed by atoms with E-state index in [2.05, 4.69) is 5.32 Å². The highest BCUT2D eigenvalue weighted by atomic mass is 16.6. The Bertz CT molecular complexity index is 362. The number of hydrogen-bond acceptors (Lipinski definition) is 4. The van der Waals surface area contributed by atoms with E-state index in [1.54, 1.807) is 20.8 Å². The van der Waals surface area contributed by atoms with Crippen LogP contribution in [0.1, 0.15) is 34.6 Å². The van der Waals surface area contributed by atoms with E-state index in [9.17, 15) is 14.4 Å². The number of carboxylic acid groups (broad SMARTS) is 1. The summed E-state index contributed by atoms with van der Waals surface area (Å²) in [6, 6.07) is -1.82. The minimum absolute atomic E-state index is 0.499. The first kappa shape index (κ1) is 17.2. The van der Waals surface area contributed by atoms with Crippen LogP contribution >= 0.6 is 0 Å². The maximum Gasteiger partial charge on any atom is 0.408 e. The number of rotatable bonds is 4. The molecular weight excluding hydrogens is 252 g/mol. The van der Waals surface area contributed by atoms with E-state index in [-0.39, 0.29) is 0 Å². The van der Waals surface area contributed by atoms with Crippen LogP contribution in [0.4, 0.5) is 4.79 Å². The lowest BCUT2D eigenvalue weighted by molar-refractivity contribution is -0.148. The number of alkyl carbamates (subject to hydrolysis) is 1. The maximum absolute atomic E-state index is 11.9. The molecule has 0 aromatic heterocycles. The fourth-order valence-electron chi connectivity index (χ4n) is 1.21. The van der Waals surface area contributed by atoms with Crippen molar-refractivity contribution < 1.29 is 24.2 Å². The lowest BCUT2D eigenvalue weighted by atomic mass is 10.2. The largest absolute Gasteiger partial charge is 0.480 e. The van der Waals surface area contributed by atoms with Gasteiger partial charge in [-0.05, 0) is 34.6 Å². The molecule has 0 aliphatic heterocycles. The summed E-state index contributed by atoms with van der Waals surface area (Å²) in [5, 5.41) is 11.2. The van der Waals surface area contributed by atoms with Crippen LogP contribution in [0.5, 0.6) is 0 Å². The highest BCUT2D eigenvalue weighted by Gasteiger charge is 2.27. The molecule has 2 atom stereocenters. The third-order valence-corrected chi connectivity index (χ3v) is 2.39. The summed E-state index contributed by atoms with van der Waals surface area (Å²) >= 11 is 0. The monoisotopic (exact) mass is 274 g/mol. The van der Waals surface area contributed by atoms with Gasteiger partial charge in [-0.15, -0.1) is 0 Å². The predicted octanol–water partition coefficient (Wildman–Crippen LogP) is 0.831. The molecule has 7 nitrogen and oxygen atoms in total. The average molecular weight is 274 g/mol. The van der Waals surface area contributed by atoms with Gasteiger partial charge in [-0.1, -0.05) is 0 Å². The SMILES string of the molecule is CC(NC(=O)OC(C)(C)C)C(=O)N(C)C(C)C(=O)O. The molecule has 2 unspecified atom stereocenters. The Balaban J connectivity index is 4.50. The van der Waals surface area contributed by atoms with Crippen molar-refractivity contribution in [3.05, 3.63) is 0 Å². The second-order valence-electron chi connectivity index (χ2n) is 5.33. The number of amides is 2. The third-order valence-electron chi connectivity index (χ3n) is 2.39. The van der Waals surface area contributed by atoms with Gasteiger partial charge in [0.2, 0.25) is 5.91 Å². The van der Waals surface area contributed by atoms with Crippen molar-refractivity contribution in [2.24, 2.45) is 0 Å². The van der Waals surface area contributed by atoms with Gasteiger partial charge in [0.25, 0.3) is 0 Å². The van der Waals surface area contributed by atoms with E-state index in [1.807, 2.05) is 0 Å². The van der Waals surface area contributed by atoms with Crippen molar-refractivity contribution in [2.75, 3.05) is 7.05 Å². The number of hydrogen-bond donors (Lipinski definition) is 2. The minimum atomic E-state index is -1.11. The van der Waals surface area contributed by atoms with Crippen LogP contribution in [0.2, 0.25) is 0 Å². The molecular formula is C12H22N2O5. The van der Waals surface area contributed by atoms with Crippen LogP contribution in [-0.2, 0) is 14.3 Å². The molecule has 0 aliphatic carbocycles. The zero-order valence-electron chi connectivity index (χ0n) is 12.2. The van der Waals surface area contributed by atoms with E-state index in [0.717, 1.165) is 4.90 Å². The first-order valence-electron chi connectivity index (χ1n) is 5.94. The van der Waals surface area contributed by atoms with Gasteiger partial charge in [0.1, 0.15) is 17.7 Å². The zero-order chi connectivity index (χ0) is 15.4. The Labute approximate surface area is 112 Å². The van der Waals surface area contributed by atoms with Gasteiger partial charge in [0.15, 0.2) is 0 Å². The maximum atomic E-state index is 11.9. The molecule has 2 N–H and O–H groups in total. The molecule has 0 fully saturated rings. The lowest BCUT2D eigenvalue weighted by Crippen LogP contribution is -2.50. The summed E-state index contributed by atoms with van der Waals surface area (Å²) in [6.45, 7) is 7.98. The number of nitrogens with one attached hydrogen (secondary N) is 1. The fraction of sp³-hybridized carbons (Fsp3) is 0.750. The summed E-state index contributed by atoms with van der Waals surface area (Å²) in [5.74, 6) is -1.61. The number of aliphatic carboxylic acids is 1. The first-order chi connectivity index (χ1) is 8.45. The number of likely N-dealkylation sites (N-methyl/N-ethyl adjacent to an activating group) is 1. The van der Waals surface area contributed by atoms with E-state index in [1.165, 1.54) is 20.9 Å². The molecule has 0 heterocycles. The molecule has 0 aliphatic rings. The number of carbonyl (C=O) groups excluding carboxylic acids is 2. The van der Waals surface area contributed by atoms with Gasteiger partial charge in [0, 0.05) is 7.05 Å². The lowest BCUT2D eigenvalue weighted by Gasteiger charge is -2.26. The zero-order valence-corrected chi connectivity index (χ0v) is 12.2. The van der Waals surface area contributed by atoms with Crippen molar-refractivity contribution in [1.82, 2.24) is 10.2 Å². The predicted molar refractivity (Wildman–Crippen MR) is 68.7 cm³/mol. The second kappa shape index (κ2) is 6.40. The average Bonchev–Trinajstić information content (AvgIpc) is 2.22. The Kier molecular flexibility index (Phi) is 5.80. The molecule has 0 saturated heterocycles. The second-order valence-corrected chi connectivity index (χ2v) is 5.33. The summed E-state index contributed by atoms with van der Waals surface area (Å²) < 4.78 is 5.01. The van der Waals surface area contributed by atoms with E-state index in [0.29, 0.717) is 0 Å². The number of carboxylic acids is 1. The molecule has 7 heteroatoms. The van der Waals surface area contributed by atoms with Crippen molar-refractivity contribution in [3.8, 4) is 0 Å². The molecule has 0 radical (unpaired) electrons. The highest BCUT2D eigenvalue weighted by Crippen LogP contribution is 2.07. The molecule has 0 aromatic carbocycles. The number of nitrogens with zero attached hydrogens (tertiary/aromatic N) is 1. The van der Waals surface area contributed by atoms with Gasteiger partial charge >= 0.3 is 12.1 Å². The summed E-state index contributed by atoms with van der Waals surface area (Å²) in [4.78, 5) is 35.2. The fourth-order valence-corrected chi connectivity index (χ4v) is 1.21. The van der Waals surface area contributed by atoms with Crippen LogP contribution in [-0.4, -0.2) is 52.7 Å². The van der Waals surface area contributed by atoms with Crippen LogP contribution in [0, 0.1) is 0 Å². The molecule has 0 saturated carbocycles. The van der Waals surface area contributed by atoms with Crippen LogP contribution in [0.15, 0.2) is 0 Å². The van der Waals surface area contributed by atoms with Crippen molar-refractivity contribution in [2.45, 2.75) is 52.3 Å². The Hall–Kier alpha value is -1.79. The minimum Gasteiger partial charge on any atom is -0.480 e. The smallest absolute Gasteiger partial charge is 0.408 e. The summed E-state index contributed by atoms with van der Waals surface area (Å²) in [7, 11) is 1.37. The molecule has 0 rings (SSSR count). The van der Waals surface area contributed by atoms with E-state index >= 15 is 0 Å². The Morgan fingerprint density at radius 1 is 1.21 bits per heavy atom. The quantitative estimate of drug-likeness (QED) is 0.791. The van der Waals surface area contributed by atoms with E-state index < -0.39 is 35.7 Å². The van der Waals surface area contributed by atoms with Gasteiger partial charge < -0.3 is 20.1 Å². The first-order valence-corrected chi connectivity index (χ1v) is 5.94.